The predicted octanol–water partition coefficient (Wildman–Crippen LogP) is 3.72. The van der Waals surface area contributed by atoms with Crippen LogP contribution in [0.3, 0.4) is 0 Å². The van der Waals surface area contributed by atoms with E-state index in [4.69, 9.17) is 11.6 Å². The molecule has 0 aliphatic carbocycles. The van der Waals surface area contributed by atoms with Crippen molar-refractivity contribution < 1.29 is 13.2 Å². The molecule has 1 saturated heterocycles. The van der Waals surface area contributed by atoms with Crippen molar-refractivity contribution >= 4 is 39.1 Å². The van der Waals surface area contributed by atoms with Crippen LogP contribution in [0.1, 0.15) is 13.3 Å². The molecule has 0 bridgehead atoms. The average Bonchev–Trinajstić information content (AvgIpc) is 3.37. The number of benzene rings is 2. The van der Waals surface area contributed by atoms with E-state index >= 15 is 0 Å². The van der Waals surface area contributed by atoms with Gasteiger partial charge in [0.25, 0.3) is 0 Å². The molecule has 2 aromatic carbocycles. The van der Waals surface area contributed by atoms with Gasteiger partial charge in [0.05, 0.1) is 17.3 Å². The molecule has 1 aliphatic heterocycles. The summed E-state index contributed by atoms with van der Waals surface area (Å²) >= 11 is 7.33. The minimum Gasteiger partial charge on any atom is -0.338 e. The number of aromatic nitrogens is 3. The lowest BCUT2D eigenvalue weighted by Crippen LogP contribution is -2.42. The lowest BCUT2D eigenvalue weighted by atomic mass is 10.2. The summed E-state index contributed by atoms with van der Waals surface area (Å²) in [6.45, 7) is 2.35. The number of sulfone groups is 1. The van der Waals surface area contributed by atoms with Crippen LogP contribution in [0.5, 0.6) is 0 Å². The van der Waals surface area contributed by atoms with E-state index < -0.39 is 9.84 Å². The molecule has 3 aromatic rings. The maximum absolute atomic E-state index is 12.9. The highest BCUT2D eigenvalue weighted by Crippen LogP contribution is 2.29. The minimum atomic E-state index is -3.06. The third kappa shape index (κ3) is 5.00. The van der Waals surface area contributed by atoms with Crippen molar-refractivity contribution in [2.75, 3.05) is 23.8 Å². The fraction of sp³-hybridized carbons (Fsp3) is 0.318. The number of rotatable bonds is 7. The molecule has 7 nitrogen and oxygen atoms in total. The zero-order valence-electron chi connectivity index (χ0n) is 17.5. The van der Waals surface area contributed by atoms with Crippen LogP contribution in [0.25, 0.3) is 17.1 Å². The topological polar surface area (TPSA) is 85.2 Å². The summed E-state index contributed by atoms with van der Waals surface area (Å²) in [5, 5.41) is 9.94. The molecule has 0 radical (unpaired) electrons. The second-order valence-corrected chi connectivity index (χ2v) is 11.1. The fourth-order valence-electron chi connectivity index (χ4n) is 3.83. The van der Waals surface area contributed by atoms with Gasteiger partial charge in [-0.25, -0.2) is 8.42 Å². The van der Waals surface area contributed by atoms with Crippen molar-refractivity contribution in [2.45, 2.75) is 24.5 Å². The number of nitrogens with zero attached hydrogens (tertiary/aromatic N) is 4. The molecular formula is C22H23ClN4O3S2. The molecule has 168 valence electrons. The van der Waals surface area contributed by atoms with E-state index in [9.17, 15) is 13.2 Å². The van der Waals surface area contributed by atoms with Gasteiger partial charge in [-0.05, 0) is 49.7 Å². The van der Waals surface area contributed by atoms with Crippen molar-refractivity contribution in [1.82, 2.24) is 19.7 Å². The summed E-state index contributed by atoms with van der Waals surface area (Å²) in [6.07, 6.45) is 0.494. The van der Waals surface area contributed by atoms with Crippen LogP contribution in [0, 0.1) is 0 Å². The van der Waals surface area contributed by atoms with E-state index in [-0.39, 0.29) is 29.2 Å². The van der Waals surface area contributed by atoms with Crippen LogP contribution in [0.4, 0.5) is 0 Å². The third-order valence-electron chi connectivity index (χ3n) is 5.39. The van der Waals surface area contributed by atoms with Crippen LogP contribution in [-0.2, 0) is 14.6 Å². The van der Waals surface area contributed by atoms with E-state index in [1.807, 2.05) is 54.0 Å². The third-order valence-corrected chi connectivity index (χ3v) is 8.30. The highest BCUT2D eigenvalue weighted by atomic mass is 35.5. The summed E-state index contributed by atoms with van der Waals surface area (Å²) < 4.78 is 25.6. The number of halogens is 1. The van der Waals surface area contributed by atoms with Gasteiger partial charge in [-0.1, -0.05) is 41.6 Å². The molecule has 1 atom stereocenters. The van der Waals surface area contributed by atoms with Crippen LogP contribution >= 0.6 is 23.4 Å². The normalized spacial score (nSPS) is 17.4. The number of carbonyl (C=O) groups excluding carboxylic acids is 1. The Kier molecular flexibility index (Phi) is 6.88. The largest absolute Gasteiger partial charge is 0.338 e. The van der Waals surface area contributed by atoms with E-state index in [2.05, 4.69) is 10.2 Å². The second kappa shape index (κ2) is 9.64. The van der Waals surface area contributed by atoms with Crippen LogP contribution < -0.4 is 0 Å². The Morgan fingerprint density at radius 3 is 2.50 bits per heavy atom. The van der Waals surface area contributed by atoms with Crippen molar-refractivity contribution in [2.24, 2.45) is 0 Å². The first-order valence-corrected chi connectivity index (χ1v) is 13.5. The van der Waals surface area contributed by atoms with E-state index in [0.29, 0.717) is 29.0 Å². The molecule has 0 unspecified atom stereocenters. The number of hydrogen-bond acceptors (Lipinski definition) is 6. The monoisotopic (exact) mass is 490 g/mol. The highest BCUT2D eigenvalue weighted by molar-refractivity contribution is 7.99. The number of amides is 1. The lowest BCUT2D eigenvalue weighted by molar-refractivity contribution is -0.129. The fourth-order valence-corrected chi connectivity index (χ4v) is 6.52. The van der Waals surface area contributed by atoms with Crippen LogP contribution in [0.2, 0.25) is 5.02 Å². The van der Waals surface area contributed by atoms with Crippen molar-refractivity contribution in [1.29, 1.82) is 0 Å². The second-order valence-electron chi connectivity index (χ2n) is 7.51. The first-order chi connectivity index (χ1) is 15.4. The van der Waals surface area contributed by atoms with E-state index in [1.165, 1.54) is 11.8 Å². The van der Waals surface area contributed by atoms with Crippen molar-refractivity contribution in [3.8, 4) is 17.1 Å². The molecule has 1 aliphatic rings. The molecule has 2 heterocycles. The Morgan fingerprint density at radius 2 is 1.88 bits per heavy atom. The molecule has 0 spiro atoms. The Balaban J connectivity index is 1.58. The summed E-state index contributed by atoms with van der Waals surface area (Å²) in [5.41, 5.74) is 1.74. The van der Waals surface area contributed by atoms with Gasteiger partial charge in [-0.15, -0.1) is 10.2 Å². The van der Waals surface area contributed by atoms with Gasteiger partial charge in [0.1, 0.15) is 0 Å². The Labute approximate surface area is 196 Å². The SMILES string of the molecule is CCN(C(=O)CSc1nnc(-c2ccc(Cl)cc2)n1-c1ccccc1)[C@H]1CCS(=O)(=O)C1. The Hall–Kier alpha value is -2.36. The molecule has 0 saturated carbocycles. The van der Waals surface area contributed by atoms with E-state index in [0.717, 1.165) is 11.3 Å². The van der Waals surface area contributed by atoms with E-state index in [1.54, 1.807) is 17.0 Å². The number of para-hydroxylation sites is 1. The van der Waals surface area contributed by atoms with Gasteiger partial charge in [-0.3, -0.25) is 9.36 Å². The van der Waals surface area contributed by atoms with Crippen LogP contribution in [-0.4, -0.2) is 63.8 Å². The molecule has 1 amide bonds. The molecule has 1 fully saturated rings. The molecule has 4 rings (SSSR count). The standard InChI is InChI=1S/C22H23ClN4O3S2/c1-2-26(19-12-13-32(29,30)15-19)20(28)14-31-22-25-24-21(16-8-10-17(23)11-9-16)27(22)18-6-4-3-5-7-18/h3-11,19H,2,12-15H2,1H3/t19-/m0/s1. The van der Waals surface area contributed by atoms with Gasteiger partial charge < -0.3 is 4.90 Å². The van der Waals surface area contributed by atoms with Gasteiger partial charge in [-0.2, -0.15) is 0 Å². The van der Waals surface area contributed by atoms with Gasteiger partial charge >= 0.3 is 0 Å². The molecule has 10 heteroatoms. The molecular weight excluding hydrogens is 468 g/mol. The predicted molar refractivity (Wildman–Crippen MR) is 127 cm³/mol. The average molecular weight is 491 g/mol. The minimum absolute atomic E-state index is 0.0398. The quantitative estimate of drug-likeness (QED) is 0.469. The lowest BCUT2D eigenvalue weighted by Gasteiger charge is -2.26. The Bertz CT molecular complexity index is 1200. The smallest absolute Gasteiger partial charge is 0.233 e. The first-order valence-electron chi connectivity index (χ1n) is 10.3. The first kappa shape index (κ1) is 22.8. The Morgan fingerprint density at radius 1 is 1.16 bits per heavy atom. The van der Waals surface area contributed by atoms with Gasteiger partial charge in [0.2, 0.25) is 5.91 Å². The zero-order valence-corrected chi connectivity index (χ0v) is 19.9. The van der Waals surface area contributed by atoms with Gasteiger partial charge in [0, 0.05) is 28.9 Å². The van der Waals surface area contributed by atoms with Crippen LogP contribution in [0.15, 0.2) is 59.8 Å². The number of thioether (sulfide) groups is 1. The van der Waals surface area contributed by atoms with Crippen molar-refractivity contribution in [3.05, 3.63) is 59.6 Å². The molecule has 1 aromatic heterocycles. The maximum Gasteiger partial charge on any atom is 0.233 e. The summed E-state index contributed by atoms with van der Waals surface area (Å²) in [4.78, 5) is 14.6. The highest BCUT2D eigenvalue weighted by Gasteiger charge is 2.34. The molecule has 0 N–H and O–H groups in total. The molecule has 32 heavy (non-hydrogen) atoms. The zero-order chi connectivity index (χ0) is 22.7. The summed E-state index contributed by atoms with van der Waals surface area (Å²) in [6, 6.07) is 16.8. The number of hydrogen-bond donors (Lipinski definition) is 0. The number of carbonyl (C=O) groups is 1. The maximum atomic E-state index is 12.9. The summed E-state index contributed by atoms with van der Waals surface area (Å²) in [5.74, 6) is 0.877. The summed E-state index contributed by atoms with van der Waals surface area (Å²) in [7, 11) is -3.06. The van der Waals surface area contributed by atoms with Gasteiger partial charge in [0.15, 0.2) is 20.8 Å². The van der Waals surface area contributed by atoms with Crippen molar-refractivity contribution in [3.63, 3.8) is 0 Å².